The van der Waals surface area contributed by atoms with Crippen molar-refractivity contribution in [3.8, 4) is 11.4 Å². The van der Waals surface area contributed by atoms with E-state index in [0.717, 1.165) is 6.20 Å². The van der Waals surface area contributed by atoms with Gasteiger partial charge < -0.3 is 10.6 Å². The second kappa shape index (κ2) is 10.8. The summed E-state index contributed by atoms with van der Waals surface area (Å²) in [4.78, 5) is 12.6. The molecule has 34 heavy (non-hydrogen) atoms. The number of rotatable bonds is 10. The number of H-pyrrole nitrogens is 1. The number of aromatic amines is 1. The Morgan fingerprint density at radius 1 is 1.09 bits per heavy atom. The minimum atomic E-state index is -4.71. The summed E-state index contributed by atoms with van der Waals surface area (Å²) in [6, 6.07) is -0.556. The normalized spacial score (nSPS) is 22.1. The summed E-state index contributed by atoms with van der Waals surface area (Å²) in [5.74, 6) is -0.268. The number of alkyl halides is 6. The molecule has 0 saturated heterocycles. The molecule has 3 rings (SSSR count). The van der Waals surface area contributed by atoms with Crippen molar-refractivity contribution in [3.05, 3.63) is 11.9 Å². The van der Waals surface area contributed by atoms with Crippen LogP contribution in [0.4, 0.5) is 38.2 Å². The first kappa shape index (κ1) is 26.0. The van der Waals surface area contributed by atoms with Gasteiger partial charge in [0.1, 0.15) is 5.67 Å². The van der Waals surface area contributed by atoms with Crippen LogP contribution in [0.3, 0.4) is 0 Å². The zero-order valence-corrected chi connectivity index (χ0v) is 19.0. The Morgan fingerprint density at radius 2 is 1.76 bits per heavy atom. The highest BCUT2D eigenvalue weighted by molar-refractivity contribution is 5.60. The summed E-state index contributed by atoms with van der Waals surface area (Å²) in [6.45, 7) is 3.43. The predicted molar refractivity (Wildman–Crippen MR) is 115 cm³/mol. The van der Waals surface area contributed by atoms with Crippen LogP contribution in [-0.4, -0.2) is 49.3 Å². The molecular weight excluding hydrogens is 464 g/mol. The smallest absolute Gasteiger partial charge is 0.351 e. The monoisotopic (exact) mass is 493 g/mol. The molecule has 0 amide bonds. The van der Waals surface area contributed by atoms with E-state index in [2.05, 4.69) is 30.7 Å². The van der Waals surface area contributed by atoms with E-state index in [9.17, 15) is 26.3 Å². The molecule has 2 aromatic heterocycles. The maximum atomic E-state index is 14.1. The Labute approximate surface area is 193 Å². The van der Waals surface area contributed by atoms with Gasteiger partial charge in [-0.25, -0.2) is 13.2 Å². The SMILES string of the molecule is CCCC(CCC(F)F)Nc1nc(NC2CCC(C)(F)CC2)nc(-c2cn[nH]c2C(F)(F)F)n1. The molecule has 1 fully saturated rings. The number of aromatic nitrogens is 5. The van der Waals surface area contributed by atoms with Crippen molar-refractivity contribution >= 4 is 11.9 Å². The van der Waals surface area contributed by atoms with Gasteiger partial charge in [-0.3, -0.25) is 5.10 Å². The highest BCUT2D eigenvalue weighted by atomic mass is 19.4. The van der Waals surface area contributed by atoms with Gasteiger partial charge in [-0.05, 0) is 45.4 Å². The maximum absolute atomic E-state index is 14.1. The number of nitrogens with zero attached hydrogens (tertiary/aromatic N) is 4. The lowest BCUT2D eigenvalue weighted by atomic mass is 9.85. The molecule has 3 N–H and O–H groups in total. The molecule has 0 radical (unpaired) electrons. The summed E-state index contributed by atoms with van der Waals surface area (Å²) in [6.07, 6.45) is -3.47. The molecule has 1 aliphatic rings. The van der Waals surface area contributed by atoms with Gasteiger partial charge in [0.25, 0.3) is 0 Å². The Kier molecular flexibility index (Phi) is 8.24. The third-order valence-electron chi connectivity index (χ3n) is 5.86. The highest BCUT2D eigenvalue weighted by Crippen LogP contribution is 2.35. The molecule has 190 valence electrons. The molecule has 1 atom stereocenters. The number of hydrogen-bond donors (Lipinski definition) is 3. The van der Waals surface area contributed by atoms with Crippen molar-refractivity contribution < 1.29 is 26.3 Å². The van der Waals surface area contributed by atoms with Crippen molar-refractivity contribution in [2.24, 2.45) is 0 Å². The lowest BCUT2D eigenvalue weighted by Gasteiger charge is -2.31. The maximum Gasteiger partial charge on any atom is 0.433 e. The summed E-state index contributed by atoms with van der Waals surface area (Å²) < 4.78 is 79.9. The van der Waals surface area contributed by atoms with Gasteiger partial charge in [-0.15, -0.1) is 0 Å². The second-order valence-corrected chi connectivity index (χ2v) is 8.89. The minimum absolute atomic E-state index is 0.0263. The van der Waals surface area contributed by atoms with Gasteiger partial charge in [0.2, 0.25) is 18.3 Å². The lowest BCUT2D eigenvalue weighted by molar-refractivity contribution is -0.140. The summed E-state index contributed by atoms with van der Waals surface area (Å²) >= 11 is 0. The summed E-state index contributed by atoms with van der Waals surface area (Å²) in [5, 5.41) is 11.5. The molecule has 0 bridgehead atoms. The van der Waals surface area contributed by atoms with Gasteiger partial charge in [0.15, 0.2) is 11.5 Å². The Morgan fingerprint density at radius 3 is 2.38 bits per heavy atom. The van der Waals surface area contributed by atoms with Gasteiger partial charge in [-0.1, -0.05) is 13.3 Å². The molecule has 2 heterocycles. The first-order chi connectivity index (χ1) is 16.0. The van der Waals surface area contributed by atoms with Crippen molar-refractivity contribution in [1.29, 1.82) is 0 Å². The average Bonchev–Trinajstić information content (AvgIpc) is 3.24. The van der Waals surface area contributed by atoms with E-state index in [0.29, 0.717) is 38.5 Å². The molecule has 1 aliphatic carbocycles. The van der Waals surface area contributed by atoms with Crippen molar-refractivity contribution in [1.82, 2.24) is 25.1 Å². The van der Waals surface area contributed by atoms with Crippen LogP contribution in [0, 0.1) is 0 Å². The highest BCUT2D eigenvalue weighted by Gasteiger charge is 2.37. The van der Waals surface area contributed by atoms with Gasteiger partial charge in [0.05, 0.1) is 11.8 Å². The van der Waals surface area contributed by atoms with Crippen LogP contribution < -0.4 is 10.6 Å². The predicted octanol–water partition coefficient (Wildman–Crippen LogP) is 5.99. The van der Waals surface area contributed by atoms with E-state index in [1.165, 1.54) is 6.92 Å². The van der Waals surface area contributed by atoms with Crippen LogP contribution >= 0.6 is 0 Å². The average molecular weight is 494 g/mol. The van der Waals surface area contributed by atoms with E-state index in [-0.39, 0.29) is 42.2 Å². The van der Waals surface area contributed by atoms with Gasteiger partial charge in [-0.2, -0.15) is 33.2 Å². The van der Waals surface area contributed by atoms with E-state index in [4.69, 9.17) is 0 Å². The molecule has 0 aromatic carbocycles. The number of halogens is 6. The summed E-state index contributed by atoms with van der Waals surface area (Å²) in [7, 11) is 0. The van der Waals surface area contributed by atoms with E-state index in [1.54, 1.807) is 0 Å². The zero-order chi connectivity index (χ0) is 24.9. The molecular formula is C21H29F6N7. The van der Waals surface area contributed by atoms with Gasteiger partial charge >= 0.3 is 6.18 Å². The van der Waals surface area contributed by atoms with E-state index >= 15 is 0 Å². The Bertz CT molecular complexity index is 921. The third-order valence-corrected chi connectivity index (χ3v) is 5.86. The number of hydrogen-bond acceptors (Lipinski definition) is 6. The van der Waals surface area contributed by atoms with Crippen molar-refractivity contribution in [2.75, 3.05) is 10.6 Å². The fourth-order valence-corrected chi connectivity index (χ4v) is 3.99. The topological polar surface area (TPSA) is 91.4 Å². The molecule has 0 aliphatic heterocycles. The minimum Gasteiger partial charge on any atom is -0.351 e. The summed E-state index contributed by atoms with van der Waals surface area (Å²) in [5.41, 5.74) is -2.73. The Balaban J connectivity index is 1.91. The lowest BCUT2D eigenvalue weighted by Crippen LogP contribution is -2.33. The number of anilines is 2. The van der Waals surface area contributed by atoms with Crippen molar-refractivity contribution in [2.45, 2.75) is 95.6 Å². The molecule has 0 spiro atoms. The van der Waals surface area contributed by atoms with Crippen LogP contribution in [0.2, 0.25) is 0 Å². The van der Waals surface area contributed by atoms with Crippen LogP contribution in [0.15, 0.2) is 6.20 Å². The molecule has 2 aromatic rings. The van der Waals surface area contributed by atoms with Crippen molar-refractivity contribution in [3.63, 3.8) is 0 Å². The standard InChI is InChI=1S/C21H29F6N7/c1-3-4-12(5-6-15(22)23)29-18-31-17(14-11-28-34-16(14)21(25,26)27)32-19(33-18)30-13-7-9-20(2,24)10-8-13/h11-13,15H,3-10H2,1-2H3,(H,28,34)(H2,29,30,31,32,33). The zero-order valence-electron chi connectivity index (χ0n) is 19.0. The fourth-order valence-electron chi connectivity index (χ4n) is 3.99. The molecule has 7 nitrogen and oxygen atoms in total. The van der Waals surface area contributed by atoms with Crippen LogP contribution in [0.5, 0.6) is 0 Å². The van der Waals surface area contributed by atoms with E-state index < -0.39 is 30.0 Å². The fraction of sp³-hybridized carbons (Fsp3) is 0.714. The largest absolute Gasteiger partial charge is 0.433 e. The van der Waals surface area contributed by atoms with Crippen LogP contribution in [0.1, 0.15) is 70.9 Å². The van der Waals surface area contributed by atoms with Crippen LogP contribution in [-0.2, 0) is 6.18 Å². The van der Waals surface area contributed by atoms with Gasteiger partial charge in [0, 0.05) is 18.5 Å². The third kappa shape index (κ3) is 7.20. The second-order valence-electron chi connectivity index (χ2n) is 8.89. The van der Waals surface area contributed by atoms with E-state index in [1.807, 2.05) is 12.0 Å². The number of nitrogens with one attached hydrogen (secondary N) is 3. The first-order valence-electron chi connectivity index (χ1n) is 11.3. The molecule has 1 unspecified atom stereocenters. The molecule has 1 saturated carbocycles. The Hall–Kier alpha value is -2.60. The first-order valence-corrected chi connectivity index (χ1v) is 11.3. The molecule has 13 heteroatoms. The quantitative estimate of drug-likeness (QED) is 0.352. The van der Waals surface area contributed by atoms with Crippen LogP contribution in [0.25, 0.3) is 11.4 Å².